The van der Waals surface area contributed by atoms with Crippen molar-refractivity contribution in [2.75, 3.05) is 49.9 Å². The second kappa shape index (κ2) is 8.72. The van der Waals surface area contributed by atoms with Crippen molar-refractivity contribution < 1.29 is 14.1 Å². The van der Waals surface area contributed by atoms with Crippen LogP contribution in [0.1, 0.15) is 10.9 Å². The van der Waals surface area contributed by atoms with Gasteiger partial charge in [0, 0.05) is 17.9 Å². The van der Waals surface area contributed by atoms with E-state index < -0.39 is 0 Å². The van der Waals surface area contributed by atoms with Gasteiger partial charge < -0.3 is 14.7 Å². The molecule has 2 aromatic carbocycles. The van der Waals surface area contributed by atoms with Gasteiger partial charge in [-0.25, -0.2) is 4.39 Å². The third kappa shape index (κ3) is 4.14. The van der Waals surface area contributed by atoms with E-state index in [4.69, 9.17) is 11.6 Å². The average Bonchev–Trinajstić information content (AvgIpc) is 3.19. The summed E-state index contributed by atoms with van der Waals surface area (Å²) in [6.07, 6.45) is 0. The number of thioether (sulfide) groups is 1. The van der Waals surface area contributed by atoms with Crippen LogP contribution in [-0.4, -0.2) is 55.8 Å². The number of rotatable bonds is 4. The van der Waals surface area contributed by atoms with Crippen molar-refractivity contribution in [2.24, 2.45) is 0 Å². The summed E-state index contributed by atoms with van der Waals surface area (Å²) in [6, 6.07) is 14.7. The molecule has 2 fully saturated rings. The largest absolute Gasteiger partial charge is 0.359 e. The summed E-state index contributed by atoms with van der Waals surface area (Å²) in [7, 11) is 0. The smallest absolute Gasteiger partial charge is 0.278 e. The number of nitrogens with one attached hydrogen (secondary N) is 1. The van der Waals surface area contributed by atoms with Crippen LogP contribution in [0.15, 0.2) is 48.5 Å². The Labute approximate surface area is 174 Å². The monoisotopic (exact) mass is 420 g/mol. The molecule has 148 valence electrons. The standard InChI is InChI=1S/C21H23ClFN3OS/c22-17-6-2-4-8-19(17)25-11-9-24(10-12-25)15-20(27)26-13-14-28-21(26)16-5-1-3-7-18(16)23/h1-8,21H,9-15H2/p+1/t21-/m0/s1. The number of hydrogen-bond acceptors (Lipinski definition) is 3. The molecule has 0 radical (unpaired) electrons. The van der Waals surface area contributed by atoms with Crippen molar-refractivity contribution in [2.45, 2.75) is 5.37 Å². The van der Waals surface area contributed by atoms with Gasteiger partial charge in [-0.2, -0.15) is 0 Å². The number of nitrogens with zero attached hydrogens (tertiary/aromatic N) is 2. The number of carbonyl (C=O) groups excluding carboxylic acids is 1. The van der Waals surface area contributed by atoms with Crippen molar-refractivity contribution in [3.63, 3.8) is 0 Å². The van der Waals surface area contributed by atoms with E-state index in [1.165, 1.54) is 11.0 Å². The van der Waals surface area contributed by atoms with Gasteiger partial charge in [-0.1, -0.05) is 41.9 Å². The van der Waals surface area contributed by atoms with Crippen LogP contribution in [0.3, 0.4) is 0 Å². The molecular formula is C21H24ClFN3OS+. The van der Waals surface area contributed by atoms with E-state index in [2.05, 4.69) is 4.90 Å². The Hall–Kier alpha value is -1.76. The van der Waals surface area contributed by atoms with Crippen LogP contribution in [0.25, 0.3) is 0 Å². The van der Waals surface area contributed by atoms with Crippen molar-refractivity contribution in [1.29, 1.82) is 0 Å². The van der Waals surface area contributed by atoms with Gasteiger partial charge in [0.15, 0.2) is 6.54 Å². The lowest BCUT2D eigenvalue weighted by atomic mass is 10.2. The molecule has 0 bridgehead atoms. The van der Waals surface area contributed by atoms with E-state index in [1.807, 2.05) is 35.2 Å². The zero-order chi connectivity index (χ0) is 19.5. The summed E-state index contributed by atoms with van der Waals surface area (Å²) in [5, 5.41) is 0.557. The summed E-state index contributed by atoms with van der Waals surface area (Å²) in [6.45, 7) is 4.67. The Morgan fingerprint density at radius 1 is 1.11 bits per heavy atom. The predicted molar refractivity (Wildman–Crippen MR) is 113 cm³/mol. The van der Waals surface area contributed by atoms with Crippen LogP contribution < -0.4 is 9.80 Å². The highest BCUT2D eigenvalue weighted by molar-refractivity contribution is 7.99. The fraction of sp³-hybridized carbons (Fsp3) is 0.381. The number of anilines is 1. The van der Waals surface area contributed by atoms with Crippen molar-refractivity contribution in [3.05, 3.63) is 64.9 Å². The number of halogens is 2. The lowest BCUT2D eigenvalue weighted by molar-refractivity contribution is -0.892. The van der Waals surface area contributed by atoms with Gasteiger partial charge in [0.25, 0.3) is 5.91 Å². The van der Waals surface area contributed by atoms with E-state index in [0.717, 1.165) is 42.6 Å². The minimum absolute atomic E-state index is 0.111. The third-order valence-electron chi connectivity index (χ3n) is 5.45. The van der Waals surface area contributed by atoms with E-state index in [-0.39, 0.29) is 17.1 Å². The predicted octanol–water partition coefficient (Wildman–Crippen LogP) is 2.46. The van der Waals surface area contributed by atoms with E-state index in [0.29, 0.717) is 18.7 Å². The molecule has 0 unspecified atom stereocenters. The maximum Gasteiger partial charge on any atom is 0.278 e. The zero-order valence-corrected chi connectivity index (χ0v) is 17.2. The molecule has 2 aromatic rings. The molecule has 4 rings (SSSR count). The highest BCUT2D eigenvalue weighted by Gasteiger charge is 2.34. The first kappa shape index (κ1) is 19.6. The summed E-state index contributed by atoms with van der Waals surface area (Å²) in [5.41, 5.74) is 1.67. The fourth-order valence-electron chi connectivity index (χ4n) is 3.92. The van der Waals surface area contributed by atoms with Gasteiger partial charge in [0.1, 0.15) is 11.2 Å². The van der Waals surface area contributed by atoms with E-state index >= 15 is 0 Å². The van der Waals surface area contributed by atoms with Gasteiger partial charge in [-0.15, -0.1) is 11.8 Å². The molecule has 28 heavy (non-hydrogen) atoms. The second-order valence-electron chi connectivity index (χ2n) is 7.20. The van der Waals surface area contributed by atoms with E-state index in [9.17, 15) is 9.18 Å². The Balaban J connectivity index is 1.36. The van der Waals surface area contributed by atoms with Crippen molar-refractivity contribution >= 4 is 35.0 Å². The molecule has 0 aliphatic carbocycles. The number of benzene rings is 2. The Bertz CT molecular complexity index is 844. The topological polar surface area (TPSA) is 28.0 Å². The Morgan fingerprint density at radius 2 is 1.82 bits per heavy atom. The molecular weight excluding hydrogens is 397 g/mol. The van der Waals surface area contributed by atoms with Gasteiger partial charge in [0.05, 0.1) is 36.9 Å². The number of piperazine rings is 1. The molecule has 0 saturated carbocycles. The quantitative estimate of drug-likeness (QED) is 0.823. The highest BCUT2D eigenvalue weighted by Crippen LogP contribution is 2.38. The maximum atomic E-state index is 14.2. The third-order valence-corrected chi connectivity index (χ3v) is 7.01. The lowest BCUT2D eigenvalue weighted by Gasteiger charge is -2.34. The van der Waals surface area contributed by atoms with Crippen molar-refractivity contribution in [1.82, 2.24) is 4.90 Å². The van der Waals surface area contributed by atoms with Crippen LogP contribution in [-0.2, 0) is 4.79 Å². The highest BCUT2D eigenvalue weighted by atomic mass is 35.5. The molecule has 2 saturated heterocycles. The normalized spacial score (nSPS) is 20.6. The van der Waals surface area contributed by atoms with Gasteiger partial charge in [-0.05, 0) is 18.2 Å². The Morgan fingerprint density at radius 3 is 2.57 bits per heavy atom. The van der Waals surface area contributed by atoms with Crippen LogP contribution in [0, 0.1) is 5.82 Å². The number of quaternary nitrogens is 1. The number of para-hydroxylation sites is 1. The SMILES string of the molecule is O=C(C[NH+]1CCN(c2ccccc2Cl)CC1)N1CCS[C@H]1c1ccccc1F. The zero-order valence-electron chi connectivity index (χ0n) is 15.6. The molecule has 1 atom stereocenters. The maximum absolute atomic E-state index is 14.2. The molecule has 4 nitrogen and oxygen atoms in total. The fourth-order valence-corrected chi connectivity index (χ4v) is 5.48. The molecule has 2 heterocycles. The summed E-state index contributed by atoms with van der Waals surface area (Å²) >= 11 is 7.95. The molecule has 2 aliphatic rings. The molecule has 0 spiro atoms. The first-order chi connectivity index (χ1) is 13.6. The first-order valence-corrected chi connectivity index (χ1v) is 11.0. The average molecular weight is 421 g/mol. The number of hydrogen-bond donors (Lipinski definition) is 1. The molecule has 0 aromatic heterocycles. The van der Waals surface area contributed by atoms with Crippen LogP contribution in [0.2, 0.25) is 5.02 Å². The second-order valence-corrected chi connectivity index (χ2v) is 8.79. The van der Waals surface area contributed by atoms with Gasteiger partial charge in [-0.3, -0.25) is 4.79 Å². The summed E-state index contributed by atoms with van der Waals surface area (Å²) in [4.78, 5) is 18.3. The summed E-state index contributed by atoms with van der Waals surface area (Å²) < 4.78 is 14.2. The van der Waals surface area contributed by atoms with Gasteiger partial charge in [0.2, 0.25) is 0 Å². The summed E-state index contributed by atoms with van der Waals surface area (Å²) in [5.74, 6) is 0.722. The number of amides is 1. The molecule has 1 N–H and O–H groups in total. The minimum Gasteiger partial charge on any atom is -0.359 e. The van der Waals surface area contributed by atoms with Crippen LogP contribution in [0.4, 0.5) is 10.1 Å². The lowest BCUT2D eigenvalue weighted by Crippen LogP contribution is -3.15. The van der Waals surface area contributed by atoms with Crippen LogP contribution in [0.5, 0.6) is 0 Å². The molecule has 7 heteroatoms. The van der Waals surface area contributed by atoms with Gasteiger partial charge >= 0.3 is 0 Å². The number of carbonyl (C=O) groups is 1. The van der Waals surface area contributed by atoms with Crippen LogP contribution >= 0.6 is 23.4 Å². The molecule has 2 aliphatic heterocycles. The van der Waals surface area contributed by atoms with E-state index in [1.54, 1.807) is 23.9 Å². The first-order valence-electron chi connectivity index (χ1n) is 9.62. The van der Waals surface area contributed by atoms with Crippen molar-refractivity contribution in [3.8, 4) is 0 Å². The molecule has 1 amide bonds. The Kier molecular flexibility index (Phi) is 6.09. The minimum atomic E-state index is -0.236.